The SMILES string of the molecule is Cc1nc(-c2c[nH]c(C(=O)N(CCc3ccccc3)Cc3ccccc3)c2)cs1. The van der Waals surface area contributed by atoms with Crippen molar-refractivity contribution in [1.29, 1.82) is 0 Å². The number of nitrogens with one attached hydrogen (secondary N) is 1. The van der Waals surface area contributed by atoms with Gasteiger partial charge in [-0.1, -0.05) is 60.7 Å². The number of benzene rings is 2. The van der Waals surface area contributed by atoms with E-state index >= 15 is 0 Å². The molecule has 0 spiro atoms. The van der Waals surface area contributed by atoms with Crippen LogP contribution in [-0.4, -0.2) is 27.3 Å². The van der Waals surface area contributed by atoms with Crippen molar-refractivity contribution in [1.82, 2.24) is 14.9 Å². The first-order valence-electron chi connectivity index (χ1n) is 9.67. The molecule has 0 fully saturated rings. The standard InChI is InChI=1S/C24H23N3OS/c1-18-26-23(17-29-18)21-14-22(25-15-21)24(28)27(16-20-10-6-3-7-11-20)13-12-19-8-4-2-5-9-19/h2-11,14-15,17,25H,12-13,16H2,1H3. The van der Waals surface area contributed by atoms with E-state index in [0.717, 1.165) is 28.2 Å². The number of hydrogen-bond donors (Lipinski definition) is 1. The van der Waals surface area contributed by atoms with E-state index in [4.69, 9.17) is 0 Å². The number of H-pyrrole nitrogens is 1. The van der Waals surface area contributed by atoms with Crippen LogP contribution in [0.25, 0.3) is 11.3 Å². The topological polar surface area (TPSA) is 49.0 Å². The van der Waals surface area contributed by atoms with E-state index in [1.807, 2.05) is 65.9 Å². The first-order chi connectivity index (χ1) is 14.2. The van der Waals surface area contributed by atoms with Crippen molar-refractivity contribution in [3.63, 3.8) is 0 Å². The first-order valence-corrected chi connectivity index (χ1v) is 10.5. The van der Waals surface area contributed by atoms with Crippen LogP contribution in [0.5, 0.6) is 0 Å². The zero-order chi connectivity index (χ0) is 20.1. The van der Waals surface area contributed by atoms with Crippen LogP contribution in [0, 0.1) is 6.92 Å². The molecule has 146 valence electrons. The molecule has 0 bridgehead atoms. The normalized spacial score (nSPS) is 10.8. The van der Waals surface area contributed by atoms with Crippen LogP contribution in [0.1, 0.15) is 26.6 Å². The van der Waals surface area contributed by atoms with Crippen LogP contribution in [0.15, 0.2) is 78.3 Å². The largest absolute Gasteiger partial charge is 0.357 e. The van der Waals surface area contributed by atoms with Crippen molar-refractivity contribution in [2.45, 2.75) is 19.9 Å². The Kier molecular flexibility index (Phi) is 5.86. The van der Waals surface area contributed by atoms with Crippen molar-refractivity contribution >= 4 is 17.2 Å². The third-order valence-corrected chi connectivity index (χ3v) is 5.62. The van der Waals surface area contributed by atoms with Crippen LogP contribution >= 0.6 is 11.3 Å². The summed E-state index contributed by atoms with van der Waals surface area (Å²) in [6, 6.07) is 22.3. The number of aryl methyl sites for hydroxylation is 1. The van der Waals surface area contributed by atoms with Gasteiger partial charge in [0.2, 0.25) is 0 Å². The van der Waals surface area contributed by atoms with Gasteiger partial charge >= 0.3 is 0 Å². The zero-order valence-electron chi connectivity index (χ0n) is 16.3. The van der Waals surface area contributed by atoms with E-state index in [1.165, 1.54) is 5.56 Å². The number of hydrogen-bond acceptors (Lipinski definition) is 3. The number of nitrogens with zero attached hydrogens (tertiary/aromatic N) is 2. The average Bonchev–Trinajstić information content (AvgIpc) is 3.41. The molecule has 4 rings (SSSR count). The molecule has 0 saturated carbocycles. The second-order valence-corrected chi connectivity index (χ2v) is 8.06. The van der Waals surface area contributed by atoms with Crippen LogP contribution in [-0.2, 0) is 13.0 Å². The molecule has 0 aliphatic heterocycles. The van der Waals surface area contributed by atoms with Crippen molar-refractivity contribution in [2.75, 3.05) is 6.54 Å². The van der Waals surface area contributed by atoms with Gasteiger partial charge in [0.05, 0.1) is 10.7 Å². The molecule has 4 aromatic rings. The van der Waals surface area contributed by atoms with Crippen molar-refractivity contribution < 1.29 is 4.79 Å². The molecule has 0 radical (unpaired) electrons. The van der Waals surface area contributed by atoms with Crippen molar-refractivity contribution in [3.8, 4) is 11.3 Å². The summed E-state index contributed by atoms with van der Waals surface area (Å²) in [7, 11) is 0. The Hall–Kier alpha value is -3.18. The minimum atomic E-state index is 0.00276. The Labute approximate surface area is 174 Å². The minimum absolute atomic E-state index is 0.00276. The third-order valence-electron chi connectivity index (χ3n) is 4.84. The van der Waals surface area contributed by atoms with Gasteiger partial charge < -0.3 is 9.88 Å². The van der Waals surface area contributed by atoms with Crippen molar-refractivity contribution in [2.24, 2.45) is 0 Å². The fraction of sp³-hybridized carbons (Fsp3) is 0.167. The quantitative estimate of drug-likeness (QED) is 0.455. The number of rotatable bonds is 7. The Morgan fingerprint density at radius 3 is 2.38 bits per heavy atom. The van der Waals surface area contributed by atoms with Crippen LogP contribution in [0.3, 0.4) is 0 Å². The van der Waals surface area contributed by atoms with E-state index in [1.54, 1.807) is 11.3 Å². The maximum atomic E-state index is 13.3. The summed E-state index contributed by atoms with van der Waals surface area (Å²) in [6.07, 6.45) is 2.68. The molecule has 2 aromatic carbocycles. The Morgan fingerprint density at radius 2 is 1.72 bits per heavy atom. The number of thiazole rings is 1. The highest BCUT2D eigenvalue weighted by Crippen LogP contribution is 2.23. The highest BCUT2D eigenvalue weighted by Gasteiger charge is 2.19. The molecule has 0 saturated heterocycles. The smallest absolute Gasteiger partial charge is 0.270 e. The highest BCUT2D eigenvalue weighted by molar-refractivity contribution is 7.09. The number of aromatic amines is 1. The molecular formula is C24H23N3OS. The second-order valence-electron chi connectivity index (χ2n) is 7.00. The third kappa shape index (κ3) is 4.81. The summed E-state index contributed by atoms with van der Waals surface area (Å²) >= 11 is 1.61. The summed E-state index contributed by atoms with van der Waals surface area (Å²) in [5, 5.41) is 3.03. The Morgan fingerprint density at radius 1 is 1.03 bits per heavy atom. The fourth-order valence-electron chi connectivity index (χ4n) is 3.30. The lowest BCUT2D eigenvalue weighted by Crippen LogP contribution is -2.32. The second kappa shape index (κ2) is 8.88. The average molecular weight is 402 g/mol. The van der Waals surface area contributed by atoms with E-state index in [-0.39, 0.29) is 5.91 Å². The Bertz CT molecular complexity index is 1070. The summed E-state index contributed by atoms with van der Waals surface area (Å²) < 4.78 is 0. The molecule has 2 aromatic heterocycles. The number of amides is 1. The molecular weight excluding hydrogens is 378 g/mol. The summed E-state index contributed by atoms with van der Waals surface area (Å²) in [5.41, 5.74) is 4.79. The van der Waals surface area contributed by atoms with Crippen LogP contribution in [0.2, 0.25) is 0 Å². The fourth-order valence-corrected chi connectivity index (χ4v) is 3.92. The van der Waals surface area contributed by atoms with Crippen molar-refractivity contribution in [3.05, 3.63) is 100 Å². The van der Waals surface area contributed by atoms with E-state index < -0.39 is 0 Å². The van der Waals surface area contributed by atoms with Gasteiger partial charge in [-0.05, 0) is 30.5 Å². The first kappa shape index (κ1) is 19.2. The number of aromatic nitrogens is 2. The predicted molar refractivity (Wildman–Crippen MR) is 118 cm³/mol. The molecule has 5 heteroatoms. The van der Waals surface area contributed by atoms with Gasteiger partial charge in [-0.25, -0.2) is 4.98 Å². The monoisotopic (exact) mass is 401 g/mol. The van der Waals surface area contributed by atoms with Gasteiger partial charge in [-0.3, -0.25) is 4.79 Å². The lowest BCUT2D eigenvalue weighted by molar-refractivity contribution is 0.0740. The summed E-state index contributed by atoms with van der Waals surface area (Å²) in [4.78, 5) is 22.9. The lowest BCUT2D eigenvalue weighted by Gasteiger charge is -2.22. The highest BCUT2D eigenvalue weighted by atomic mass is 32.1. The molecule has 4 nitrogen and oxygen atoms in total. The summed E-state index contributed by atoms with van der Waals surface area (Å²) in [6.45, 7) is 3.22. The van der Waals surface area contributed by atoms with Gasteiger partial charge in [-0.15, -0.1) is 11.3 Å². The molecule has 1 N–H and O–H groups in total. The van der Waals surface area contributed by atoms with Gasteiger partial charge in [-0.2, -0.15) is 0 Å². The van der Waals surface area contributed by atoms with Gasteiger partial charge in [0.25, 0.3) is 5.91 Å². The molecule has 0 aliphatic rings. The van der Waals surface area contributed by atoms with Crippen LogP contribution < -0.4 is 0 Å². The number of carbonyl (C=O) groups excluding carboxylic acids is 1. The minimum Gasteiger partial charge on any atom is -0.357 e. The molecule has 29 heavy (non-hydrogen) atoms. The predicted octanol–water partition coefficient (Wildman–Crippen LogP) is 5.33. The van der Waals surface area contributed by atoms with E-state index in [0.29, 0.717) is 18.8 Å². The van der Waals surface area contributed by atoms with E-state index in [9.17, 15) is 4.79 Å². The van der Waals surface area contributed by atoms with E-state index in [2.05, 4.69) is 34.2 Å². The maximum Gasteiger partial charge on any atom is 0.270 e. The van der Waals surface area contributed by atoms with Gasteiger partial charge in [0.15, 0.2) is 0 Å². The molecule has 0 atom stereocenters. The summed E-state index contributed by atoms with van der Waals surface area (Å²) in [5.74, 6) is 0.00276. The molecule has 0 unspecified atom stereocenters. The number of carbonyl (C=O) groups is 1. The maximum absolute atomic E-state index is 13.3. The van der Waals surface area contributed by atoms with Crippen LogP contribution in [0.4, 0.5) is 0 Å². The van der Waals surface area contributed by atoms with Gasteiger partial charge in [0.1, 0.15) is 5.69 Å². The molecule has 0 aliphatic carbocycles. The zero-order valence-corrected chi connectivity index (χ0v) is 17.2. The molecule has 2 heterocycles. The Balaban J connectivity index is 1.54. The van der Waals surface area contributed by atoms with Gasteiger partial charge in [0, 0.05) is 30.2 Å². The lowest BCUT2D eigenvalue weighted by atomic mass is 10.1. The molecule has 1 amide bonds.